The third-order valence-corrected chi connectivity index (χ3v) is 3.42. The Hall–Kier alpha value is -1.71. The first-order chi connectivity index (χ1) is 11.7. The summed E-state index contributed by atoms with van der Waals surface area (Å²) >= 11 is 0. The maximum Gasteiger partial charge on any atom is 0.231 e. The Morgan fingerprint density at radius 3 is 2.68 bits per heavy atom. The van der Waals surface area contributed by atoms with E-state index in [1.807, 2.05) is 32.0 Å². The van der Waals surface area contributed by atoms with E-state index in [2.05, 4.69) is 20.9 Å². The van der Waals surface area contributed by atoms with E-state index in [4.69, 9.17) is 9.47 Å². The van der Waals surface area contributed by atoms with Crippen LogP contribution in [0.4, 0.5) is 0 Å². The van der Waals surface area contributed by atoms with Gasteiger partial charge in [-0.1, -0.05) is 13.0 Å². The van der Waals surface area contributed by atoms with Gasteiger partial charge in [0.15, 0.2) is 17.5 Å². The fourth-order valence-electron chi connectivity index (χ4n) is 2.20. The van der Waals surface area contributed by atoms with E-state index in [9.17, 15) is 4.79 Å². The van der Waals surface area contributed by atoms with Crippen LogP contribution in [0.2, 0.25) is 0 Å². The second-order valence-electron chi connectivity index (χ2n) is 5.41. The van der Waals surface area contributed by atoms with Crippen molar-refractivity contribution < 1.29 is 14.3 Å². The van der Waals surface area contributed by atoms with Gasteiger partial charge >= 0.3 is 0 Å². The maximum atomic E-state index is 11.6. The quantitative estimate of drug-likeness (QED) is 0.313. The molecule has 3 N–H and O–H groups in total. The van der Waals surface area contributed by atoms with Gasteiger partial charge in [-0.25, -0.2) is 4.99 Å². The molecule has 7 nitrogen and oxygen atoms in total. The molecule has 140 valence electrons. The van der Waals surface area contributed by atoms with Crippen LogP contribution in [0.3, 0.4) is 0 Å². The molecule has 8 heteroatoms. The zero-order valence-electron chi connectivity index (χ0n) is 14.8. The maximum absolute atomic E-state index is 11.6. The lowest BCUT2D eigenvalue weighted by Crippen LogP contribution is -2.39. The van der Waals surface area contributed by atoms with Crippen molar-refractivity contribution >= 4 is 35.8 Å². The van der Waals surface area contributed by atoms with Crippen LogP contribution >= 0.6 is 24.0 Å². The number of rotatable bonds is 8. The molecule has 25 heavy (non-hydrogen) atoms. The van der Waals surface area contributed by atoms with E-state index in [-0.39, 0.29) is 36.7 Å². The second-order valence-corrected chi connectivity index (χ2v) is 5.41. The van der Waals surface area contributed by atoms with Crippen LogP contribution in [0.25, 0.3) is 0 Å². The molecule has 0 fully saturated rings. The molecule has 0 bridgehead atoms. The van der Waals surface area contributed by atoms with Crippen molar-refractivity contribution in [2.75, 3.05) is 26.4 Å². The predicted molar refractivity (Wildman–Crippen MR) is 109 cm³/mol. The molecule has 1 aliphatic heterocycles. The van der Waals surface area contributed by atoms with E-state index < -0.39 is 0 Å². The highest BCUT2D eigenvalue weighted by atomic mass is 127. The van der Waals surface area contributed by atoms with Crippen LogP contribution in [0, 0.1) is 0 Å². The standard InChI is InChI=1S/C17H26N4O3.HI/c1-3-8-19-16(22)7-9-20-17(18-4-2)21-11-13-5-6-14-15(10-13)24-12-23-14;/h5-6,10H,3-4,7-9,11-12H2,1-2H3,(H,19,22)(H2,18,20,21);1H. The third-order valence-electron chi connectivity index (χ3n) is 3.42. The van der Waals surface area contributed by atoms with Gasteiger partial charge in [0.05, 0.1) is 6.54 Å². The molecule has 1 aromatic rings. The molecule has 1 aliphatic rings. The molecule has 0 saturated heterocycles. The second kappa shape index (κ2) is 11.8. The Bertz CT molecular complexity index is 581. The Morgan fingerprint density at radius 2 is 1.92 bits per heavy atom. The summed E-state index contributed by atoms with van der Waals surface area (Å²) in [4.78, 5) is 16.1. The average Bonchev–Trinajstić information content (AvgIpc) is 3.05. The van der Waals surface area contributed by atoms with Crippen molar-refractivity contribution in [1.82, 2.24) is 16.0 Å². The van der Waals surface area contributed by atoms with E-state index in [1.54, 1.807) is 0 Å². The smallest absolute Gasteiger partial charge is 0.231 e. The molecular formula is C17H27IN4O3. The molecule has 2 rings (SSSR count). The number of guanidine groups is 1. The summed E-state index contributed by atoms with van der Waals surface area (Å²) in [6, 6.07) is 5.80. The summed E-state index contributed by atoms with van der Waals surface area (Å²) in [5, 5.41) is 9.20. The third kappa shape index (κ3) is 7.37. The SMILES string of the molecule is CCCNC(=O)CCNC(=NCc1ccc2c(c1)OCO2)NCC.I. The Balaban J connectivity index is 0.00000312. The first kappa shape index (κ1) is 21.3. The molecule has 0 radical (unpaired) electrons. The van der Waals surface area contributed by atoms with Crippen LogP contribution in [0.1, 0.15) is 32.3 Å². The molecule has 0 spiro atoms. The lowest BCUT2D eigenvalue weighted by molar-refractivity contribution is -0.120. The number of fused-ring (bicyclic) bond motifs is 1. The van der Waals surface area contributed by atoms with Crippen LogP contribution in [-0.2, 0) is 11.3 Å². The summed E-state index contributed by atoms with van der Waals surface area (Å²) in [5.41, 5.74) is 1.04. The molecule has 1 aromatic carbocycles. The minimum atomic E-state index is 0. The zero-order chi connectivity index (χ0) is 17.2. The number of nitrogens with zero attached hydrogens (tertiary/aromatic N) is 1. The highest BCUT2D eigenvalue weighted by molar-refractivity contribution is 14.0. The average molecular weight is 462 g/mol. The van der Waals surface area contributed by atoms with Crippen LogP contribution in [0.15, 0.2) is 23.2 Å². The van der Waals surface area contributed by atoms with Gasteiger partial charge in [-0.2, -0.15) is 0 Å². The van der Waals surface area contributed by atoms with E-state index in [0.717, 1.165) is 36.6 Å². The first-order valence-corrected chi connectivity index (χ1v) is 8.40. The van der Waals surface area contributed by atoms with Crippen molar-refractivity contribution in [2.24, 2.45) is 4.99 Å². The summed E-state index contributed by atoms with van der Waals surface area (Å²) < 4.78 is 10.7. The van der Waals surface area contributed by atoms with Gasteiger partial charge in [0.1, 0.15) is 0 Å². The Morgan fingerprint density at radius 1 is 1.12 bits per heavy atom. The van der Waals surface area contributed by atoms with Crippen molar-refractivity contribution in [3.63, 3.8) is 0 Å². The normalized spacial score (nSPS) is 12.3. The van der Waals surface area contributed by atoms with Gasteiger partial charge in [-0.15, -0.1) is 24.0 Å². The summed E-state index contributed by atoms with van der Waals surface area (Å²) in [6.07, 6.45) is 1.37. The van der Waals surface area contributed by atoms with Crippen LogP contribution in [0.5, 0.6) is 11.5 Å². The number of nitrogens with one attached hydrogen (secondary N) is 3. The number of hydrogen-bond donors (Lipinski definition) is 3. The van der Waals surface area contributed by atoms with Crippen molar-refractivity contribution in [2.45, 2.75) is 33.2 Å². The number of aliphatic imine (C=N–C) groups is 1. The molecule has 0 unspecified atom stereocenters. The van der Waals surface area contributed by atoms with Gasteiger partial charge < -0.3 is 25.4 Å². The monoisotopic (exact) mass is 462 g/mol. The van der Waals surface area contributed by atoms with Crippen molar-refractivity contribution in [3.05, 3.63) is 23.8 Å². The number of halogens is 1. The molecule has 0 aromatic heterocycles. The fraction of sp³-hybridized carbons (Fsp3) is 0.529. The van der Waals surface area contributed by atoms with Crippen LogP contribution < -0.4 is 25.4 Å². The zero-order valence-corrected chi connectivity index (χ0v) is 17.1. The van der Waals surface area contributed by atoms with E-state index >= 15 is 0 Å². The number of amides is 1. The lowest BCUT2D eigenvalue weighted by Gasteiger charge is -2.11. The molecule has 0 saturated carbocycles. The molecule has 0 aliphatic carbocycles. The van der Waals surface area contributed by atoms with E-state index in [1.165, 1.54) is 0 Å². The number of carbonyl (C=O) groups is 1. The highest BCUT2D eigenvalue weighted by Gasteiger charge is 2.12. The van der Waals surface area contributed by atoms with Gasteiger partial charge in [0, 0.05) is 26.1 Å². The molecule has 0 atom stereocenters. The topological polar surface area (TPSA) is 84.0 Å². The number of ether oxygens (including phenoxy) is 2. The first-order valence-electron chi connectivity index (χ1n) is 8.40. The number of hydrogen-bond acceptors (Lipinski definition) is 4. The van der Waals surface area contributed by atoms with Crippen molar-refractivity contribution in [3.8, 4) is 11.5 Å². The number of benzene rings is 1. The number of carbonyl (C=O) groups excluding carboxylic acids is 1. The Kier molecular flexibility index (Phi) is 10.0. The molecule has 1 amide bonds. The highest BCUT2D eigenvalue weighted by Crippen LogP contribution is 2.32. The van der Waals surface area contributed by atoms with Gasteiger partial charge in [-0.05, 0) is 31.0 Å². The predicted octanol–water partition coefficient (Wildman–Crippen LogP) is 2.00. The van der Waals surface area contributed by atoms with Crippen molar-refractivity contribution in [1.29, 1.82) is 0 Å². The van der Waals surface area contributed by atoms with Crippen LogP contribution in [-0.4, -0.2) is 38.3 Å². The fourth-order valence-corrected chi connectivity index (χ4v) is 2.20. The Labute approximate surface area is 166 Å². The van der Waals surface area contributed by atoms with Gasteiger partial charge in [0.25, 0.3) is 0 Å². The van der Waals surface area contributed by atoms with Gasteiger partial charge in [-0.3, -0.25) is 4.79 Å². The summed E-state index contributed by atoms with van der Waals surface area (Å²) in [6.45, 7) is 6.85. The minimum Gasteiger partial charge on any atom is -0.454 e. The van der Waals surface area contributed by atoms with E-state index in [0.29, 0.717) is 25.5 Å². The minimum absolute atomic E-state index is 0. The lowest BCUT2D eigenvalue weighted by atomic mass is 10.2. The summed E-state index contributed by atoms with van der Waals surface area (Å²) in [5.74, 6) is 2.27. The van der Waals surface area contributed by atoms with Gasteiger partial charge in [0.2, 0.25) is 12.7 Å². The summed E-state index contributed by atoms with van der Waals surface area (Å²) in [7, 11) is 0. The largest absolute Gasteiger partial charge is 0.454 e. The molecular weight excluding hydrogens is 435 g/mol. The molecule has 1 heterocycles.